The Balaban J connectivity index is 1.88. The second-order valence-electron chi connectivity index (χ2n) is 4.32. The van der Waals surface area contributed by atoms with Crippen LogP contribution in [0.2, 0.25) is 0 Å². The zero-order valence-electron chi connectivity index (χ0n) is 10.4. The molecule has 4 nitrogen and oxygen atoms in total. The van der Waals surface area contributed by atoms with E-state index in [2.05, 4.69) is 45.6 Å². The highest BCUT2D eigenvalue weighted by Gasteiger charge is 2.02. The summed E-state index contributed by atoms with van der Waals surface area (Å²) in [5, 5.41) is 5.72. The zero-order chi connectivity index (χ0) is 13.1. The number of nitrogens with two attached hydrogens (primary N) is 1. The Morgan fingerprint density at radius 1 is 1.05 bits per heavy atom. The Kier molecular flexibility index (Phi) is 2.98. The minimum Gasteiger partial charge on any atom is -0.394 e. The highest BCUT2D eigenvalue weighted by molar-refractivity contribution is 5.85. The lowest BCUT2D eigenvalue weighted by Crippen LogP contribution is -2.05. The summed E-state index contributed by atoms with van der Waals surface area (Å²) < 4.78 is 0. The van der Waals surface area contributed by atoms with Crippen molar-refractivity contribution in [1.82, 2.24) is 9.97 Å². The smallest absolute Gasteiger partial charge is 0.152 e. The maximum Gasteiger partial charge on any atom is 0.152 e. The fraction of sp³-hybridized carbons (Fsp3) is 0.0667. The maximum absolute atomic E-state index is 5.81. The first-order chi connectivity index (χ1) is 9.34. The number of aromatic nitrogens is 2. The van der Waals surface area contributed by atoms with E-state index in [1.54, 1.807) is 6.20 Å². The summed E-state index contributed by atoms with van der Waals surface area (Å²) in [6.07, 6.45) is 3.08. The molecular formula is C15H14N4. The number of nitrogen functional groups attached to an aromatic ring is 1. The van der Waals surface area contributed by atoms with Crippen LogP contribution < -0.4 is 11.1 Å². The molecule has 0 amide bonds. The van der Waals surface area contributed by atoms with Crippen molar-refractivity contribution in [3.63, 3.8) is 0 Å². The van der Waals surface area contributed by atoms with Gasteiger partial charge in [0.25, 0.3) is 0 Å². The highest BCUT2D eigenvalue weighted by Crippen LogP contribution is 2.20. The number of hydrogen-bond donors (Lipinski definition) is 2. The molecule has 0 radical (unpaired) electrons. The normalized spacial score (nSPS) is 10.5. The molecule has 19 heavy (non-hydrogen) atoms. The zero-order valence-corrected chi connectivity index (χ0v) is 10.4. The Morgan fingerprint density at radius 2 is 1.89 bits per heavy atom. The third-order valence-corrected chi connectivity index (χ3v) is 3.07. The van der Waals surface area contributed by atoms with Crippen molar-refractivity contribution in [2.75, 3.05) is 11.1 Å². The average molecular weight is 250 g/mol. The van der Waals surface area contributed by atoms with Crippen molar-refractivity contribution >= 4 is 22.3 Å². The number of hydrogen-bond acceptors (Lipinski definition) is 4. The van der Waals surface area contributed by atoms with Crippen molar-refractivity contribution in [1.29, 1.82) is 0 Å². The van der Waals surface area contributed by atoms with E-state index in [1.165, 1.54) is 22.7 Å². The lowest BCUT2D eigenvalue weighted by atomic mass is 10.0. The van der Waals surface area contributed by atoms with Gasteiger partial charge in [-0.25, -0.2) is 9.97 Å². The van der Waals surface area contributed by atoms with Crippen LogP contribution in [-0.4, -0.2) is 9.97 Å². The largest absolute Gasteiger partial charge is 0.394 e. The van der Waals surface area contributed by atoms with E-state index in [-0.39, 0.29) is 0 Å². The molecule has 0 aliphatic rings. The van der Waals surface area contributed by atoms with Gasteiger partial charge in [0.2, 0.25) is 0 Å². The molecule has 3 rings (SSSR count). The summed E-state index contributed by atoms with van der Waals surface area (Å²) in [5.41, 5.74) is 7.59. The lowest BCUT2D eigenvalue weighted by molar-refractivity contribution is 1.09. The van der Waals surface area contributed by atoms with Crippen LogP contribution in [0, 0.1) is 0 Å². The predicted octanol–water partition coefficient (Wildman–Crippen LogP) is 2.82. The molecule has 0 atom stereocenters. The fourth-order valence-electron chi connectivity index (χ4n) is 2.11. The van der Waals surface area contributed by atoms with Crippen LogP contribution in [0.4, 0.5) is 11.5 Å². The maximum atomic E-state index is 5.81. The summed E-state index contributed by atoms with van der Waals surface area (Å²) in [6.45, 7) is 0.683. The van der Waals surface area contributed by atoms with Gasteiger partial charge in [0.15, 0.2) is 5.82 Å². The molecular weight excluding hydrogens is 236 g/mol. The molecule has 0 spiro atoms. The van der Waals surface area contributed by atoms with Crippen molar-refractivity contribution in [3.8, 4) is 0 Å². The van der Waals surface area contributed by atoms with E-state index < -0.39 is 0 Å². The van der Waals surface area contributed by atoms with Gasteiger partial charge in [-0.1, -0.05) is 42.5 Å². The second kappa shape index (κ2) is 4.94. The molecule has 1 heterocycles. The first-order valence-corrected chi connectivity index (χ1v) is 6.10. The van der Waals surface area contributed by atoms with Crippen molar-refractivity contribution in [3.05, 3.63) is 60.6 Å². The first kappa shape index (κ1) is 11.5. The van der Waals surface area contributed by atoms with Gasteiger partial charge in [-0.2, -0.15) is 0 Å². The van der Waals surface area contributed by atoms with Gasteiger partial charge < -0.3 is 11.1 Å². The molecule has 0 bridgehead atoms. The van der Waals surface area contributed by atoms with Crippen LogP contribution >= 0.6 is 0 Å². The minimum atomic E-state index is 0.558. The van der Waals surface area contributed by atoms with Crippen LogP contribution in [0.1, 0.15) is 5.56 Å². The van der Waals surface area contributed by atoms with E-state index in [9.17, 15) is 0 Å². The third kappa shape index (κ3) is 2.33. The molecule has 3 N–H and O–H groups in total. The van der Waals surface area contributed by atoms with Crippen LogP contribution in [0.3, 0.4) is 0 Å². The van der Waals surface area contributed by atoms with Gasteiger partial charge in [0, 0.05) is 6.54 Å². The SMILES string of the molecule is Nc1cncnc1NCc1cccc2ccccc12. The summed E-state index contributed by atoms with van der Waals surface area (Å²) in [5.74, 6) is 0.669. The number of nitrogens with one attached hydrogen (secondary N) is 1. The van der Waals surface area contributed by atoms with Crippen LogP contribution in [-0.2, 0) is 6.54 Å². The molecule has 3 aromatic rings. The van der Waals surface area contributed by atoms with Crippen molar-refractivity contribution < 1.29 is 0 Å². The van der Waals surface area contributed by atoms with Crippen LogP contribution in [0.15, 0.2) is 55.0 Å². The van der Waals surface area contributed by atoms with Gasteiger partial charge in [-0.05, 0) is 16.3 Å². The molecule has 0 aliphatic carbocycles. The van der Waals surface area contributed by atoms with E-state index in [4.69, 9.17) is 5.73 Å². The quantitative estimate of drug-likeness (QED) is 0.750. The van der Waals surface area contributed by atoms with Crippen LogP contribution in [0.5, 0.6) is 0 Å². The Bertz CT molecular complexity index is 704. The van der Waals surface area contributed by atoms with Crippen molar-refractivity contribution in [2.24, 2.45) is 0 Å². The summed E-state index contributed by atoms with van der Waals surface area (Å²) in [4.78, 5) is 8.00. The molecule has 0 saturated carbocycles. The molecule has 0 saturated heterocycles. The fourth-order valence-corrected chi connectivity index (χ4v) is 2.11. The minimum absolute atomic E-state index is 0.558. The number of anilines is 2. The summed E-state index contributed by atoms with van der Waals surface area (Å²) in [6, 6.07) is 14.6. The van der Waals surface area contributed by atoms with Gasteiger partial charge in [0.05, 0.1) is 11.9 Å². The van der Waals surface area contributed by atoms with Gasteiger partial charge in [-0.15, -0.1) is 0 Å². The molecule has 0 aliphatic heterocycles. The first-order valence-electron chi connectivity index (χ1n) is 6.10. The molecule has 0 unspecified atom stereocenters. The number of nitrogens with zero attached hydrogens (tertiary/aromatic N) is 2. The number of benzene rings is 2. The molecule has 94 valence electrons. The van der Waals surface area contributed by atoms with Gasteiger partial charge >= 0.3 is 0 Å². The molecule has 2 aromatic carbocycles. The molecule has 0 fully saturated rings. The highest BCUT2D eigenvalue weighted by atomic mass is 15.0. The number of fused-ring (bicyclic) bond motifs is 1. The van der Waals surface area contributed by atoms with E-state index in [1.807, 2.05) is 12.1 Å². The topological polar surface area (TPSA) is 63.8 Å². The standard InChI is InChI=1S/C15H14N4/c16-14-9-17-10-19-15(14)18-8-12-6-3-5-11-4-1-2-7-13(11)12/h1-7,9-10H,8,16H2,(H,17,18,19). The van der Waals surface area contributed by atoms with Gasteiger partial charge in [-0.3, -0.25) is 0 Å². The Morgan fingerprint density at radius 3 is 2.79 bits per heavy atom. The van der Waals surface area contributed by atoms with Crippen LogP contribution in [0.25, 0.3) is 10.8 Å². The lowest BCUT2D eigenvalue weighted by Gasteiger charge is -2.09. The number of rotatable bonds is 3. The molecule has 4 heteroatoms. The average Bonchev–Trinajstić information content (AvgIpc) is 2.46. The van der Waals surface area contributed by atoms with E-state index >= 15 is 0 Å². The Labute approximate surface area is 111 Å². The molecule has 1 aromatic heterocycles. The summed E-state index contributed by atoms with van der Waals surface area (Å²) in [7, 11) is 0. The van der Waals surface area contributed by atoms with E-state index in [0.29, 0.717) is 18.1 Å². The summed E-state index contributed by atoms with van der Waals surface area (Å²) >= 11 is 0. The van der Waals surface area contributed by atoms with Crippen molar-refractivity contribution in [2.45, 2.75) is 6.54 Å². The van der Waals surface area contributed by atoms with Gasteiger partial charge in [0.1, 0.15) is 6.33 Å². The van der Waals surface area contributed by atoms with E-state index in [0.717, 1.165) is 0 Å². The predicted molar refractivity (Wildman–Crippen MR) is 77.7 cm³/mol. The second-order valence-corrected chi connectivity index (χ2v) is 4.32. The third-order valence-electron chi connectivity index (χ3n) is 3.07. The Hall–Kier alpha value is -2.62. The monoisotopic (exact) mass is 250 g/mol.